The topological polar surface area (TPSA) is 71.0 Å². The average Bonchev–Trinajstić information content (AvgIpc) is 2.58. The number of carbonyl (C=O) groups excluding carboxylic acids is 1. The fourth-order valence-electron chi connectivity index (χ4n) is 1.09. The second-order valence-corrected chi connectivity index (χ2v) is 4.48. The van der Waals surface area contributed by atoms with Crippen molar-refractivity contribution in [3.63, 3.8) is 0 Å². The Bertz CT molecular complexity index is 410. The van der Waals surface area contributed by atoms with Crippen molar-refractivity contribution in [1.82, 2.24) is 19.7 Å². The van der Waals surface area contributed by atoms with E-state index < -0.39 is 0 Å². The highest BCUT2D eigenvalue weighted by atomic mass is 32.2. The average molecular weight is 244 g/mol. The molecule has 6 nitrogen and oxygen atoms in total. The molecular formula is C9H16N4O2S. The van der Waals surface area contributed by atoms with E-state index in [2.05, 4.69) is 10.2 Å². The van der Waals surface area contributed by atoms with Gasteiger partial charge in [0.15, 0.2) is 5.16 Å². The van der Waals surface area contributed by atoms with Gasteiger partial charge in [-0.25, -0.2) is 9.89 Å². The van der Waals surface area contributed by atoms with Crippen LogP contribution in [0.4, 0.5) is 0 Å². The van der Waals surface area contributed by atoms with Gasteiger partial charge in [0.05, 0.1) is 5.75 Å². The molecule has 1 rings (SSSR count). The molecule has 0 unspecified atom stereocenters. The van der Waals surface area contributed by atoms with Crippen molar-refractivity contribution in [3.8, 4) is 0 Å². The number of thioether (sulfide) groups is 1. The lowest BCUT2D eigenvalue weighted by atomic mass is 10.5. The quantitative estimate of drug-likeness (QED) is 0.749. The van der Waals surface area contributed by atoms with Crippen LogP contribution >= 0.6 is 11.8 Å². The van der Waals surface area contributed by atoms with Crippen molar-refractivity contribution in [3.05, 3.63) is 10.5 Å². The summed E-state index contributed by atoms with van der Waals surface area (Å²) in [6.45, 7) is 2.60. The fourth-order valence-corrected chi connectivity index (χ4v) is 2.04. The lowest BCUT2D eigenvalue weighted by Gasteiger charge is -2.09. The molecule has 0 bridgehead atoms. The van der Waals surface area contributed by atoms with Crippen molar-refractivity contribution in [2.75, 3.05) is 19.8 Å². The van der Waals surface area contributed by atoms with Crippen LogP contribution in [0.1, 0.15) is 13.3 Å². The zero-order valence-corrected chi connectivity index (χ0v) is 10.5. The standard InChI is InChI=1S/C9H16N4O2S/c1-4-5-13-8(15)10-11-9(13)16-6-7(14)12(2)3/h4-6H2,1-3H3,(H,10,15). The number of nitrogens with zero attached hydrogens (tertiary/aromatic N) is 3. The maximum atomic E-state index is 11.4. The van der Waals surface area contributed by atoms with Gasteiger partial charge in [-0.3, -0.25) is 9.36 Å². The molecule has 1 aromatic heterocycles. The Morgan fingerprint density at radius 3 is 2.81 bits per heavy atom. The Kier molecular flexibility index (Phi) is 4.60. The first-order valence-corrected chi connectivity index (χ1v) is 6.03. The summed E-state index contributed by atoms with van der Waals surface area (Å²) in [5.74, 6) is 0.296. The largest absolute Gasteiger partial charge is 0.348 e. The van der Waals surface area contributed by atoms with Crippen molar-refractivity contribution < 1.29 is 4.79 Å². The van der Waals surface area contributed by atoms with Crippen LogP contribution < -0.4 is 5.69 Å². The van der Waals surface area contributed by atoms with E-state index >= 15 is 0 Å². The molecule has 0 spiro atoms. The number of hydrogen-bond donors (Lipinski definition) is 1. The summed E-state index contributed by atoms with van der Waals surface area (Å²) < 4.78 is 1.55. The van der Waals surface area contributed by atoms with E-state index in [0.717, 1.165) is 6.42 Å². The van der Waals surface area contributed by atoms with Gasteiger partial charge in [0.1, 0.15) is 0 Å². The minimum atomic E-state index is -0.221. The van der Waals surface area contributed by atoms with Crippen LogP contribution in [0.15, 0.2) is 9.95 Å². The highest BCUT2D eigenvalue weighted by molar-refractivity contribution is 7.99. The normalized spacial score (nSPS) is 10.4. The van der Waals surface area contributed by atoms with Crippen LogP contribution in [-0.2, 0) is 11.3 Å². The van der Waals surface area contributed by atoms with Gasteiger partial charge in [0.2, 0.25) is 5.91 Å². The number of rotatable bonds is 5. The molecule has 0 aliphatic carbocycles. The summed E-state index contributed by atoms with van der Waals surface area (Å²) >= 11 is 1.27. The smallest absolute Gasteiger partial charge is 0.343 e. The third kappa shape index (κ3) is 3.13. The number of aromatic nitrogens is 3. The van der Waals surface area contributed by atoms with E-state index in [1.165, 1.54) is 16.7 Å². The highest BCUT2D eigenvalue weighted by Crippen LogP contribution is 2.13. The van der Waals surface area contributed by atoms with E-state index in [9.17, 15) is 9.59 Å². The first-order chi connectivity index (χ1) is 7.56. The summed E-state index contributed by atoms with van der Waals surface area (Å²) in [7, 11) is 3.40. The Hall–Kier alpha value is -1.24. The Morgan fingerprint density at radius 1 is 1.56 bits per heavy atom. The number of nitrogens with one attached hydrogen (secondary N) is 1. The minimum absolute atomic E-state index is 0.00324. The van der Waals surface area contributed by atoms with Gasteiger partial charge in [0.25, 0.3) is 0 Å². The molecule has 0 aliphatic rings. The molecule has 0 aromatic carbocycles. The maximum Gasteiger partial charge on any atom is 0.343 e. The van der Waals surface area contributed by atoms with E-state index in [1.807, 2.05) is 6.92 Å². The van der Waals surface area contributed by atoms with Gasteiger partial charge >= 0.3 is 5.69 Å². The second kappa shape index (κ2) is 5.74. The maximum absolute atomic E-state index is 11.4. The predicted molar refractivity (Wildman–Crippen MR) is 62.6 cm³/mol. The Morgan fingerprint density at radius 2 is 2.25 bits per heavy atom. The van der Waals surface area contributed by atoms with Crippen LogP contribution in [0.3, 0.4) is 0 Å². The summed E-state index contributed by atoms with van der Waals surface area (Å²) in [6, 6.07) is 0. The van der Waals surface area contributed by atoms with Crippen molar-refractivity contribution in [2.24, 2.45) is 0 Å². The van der Waals surface area contributed by atoms with Crippen LogP contribution in [0.2, 0.25) is 0 Å². The number of H-pyrrole nitrogens is 1. The first-order valence-electron chi connectivity index (χ1n) is 5.04. The molecule has 7 heteroatoms. The predicted octanol–water partition coefficient (Wildman–Crippen LogP) is 0.162. The molecule has 0 saturated heterocycles. The summed E-state index contributed by atoms with van der Waals surface area (Å²) in [5.41, 5.74) is -0.221. The van der Waals surface area contributed by atoms with Gasteiger partial charge in [-0.05, 0) is 6.42 Å². The number of hydrogen-bond acceptors (Lipinski definition) is 4. The molecule has 1 amide bonds. The lowest BCUT2D eigenvalue weighted by molar-refractivity contribution is -0.125. The summed E-state index contributed by atoms with van der Waals surface area (Å²) in [4.78, 5) is 24.2. The number of aromatic amines is 1. The molecule has 1 aromatic rings. The first kappa shape index (κ1) is 12.8. The summed E-state index contributed by atoms with van der Waals surface area (Å²) in [6.07, 6.45) is 0.856. The van der Waals surface area contributed by atoms with E-state index in [4.69, 9.17) is 0 Å². The van der Waals surface area contributed by atoms with Gasteiger partial charge in [-0.1, -0.05) is 18.7 Å². The zero-order chi connectivity index (χ0) is 12.1. The third-order valence-electron chi connectivity index (χ3n) is 1.99. The van der Waals surface area contributed by atoms with Crippen LogP contribution in [0, 0.1) is 0 Å². The molecule has 0 fully saturated rings. The van der Waals surface area contributed by atoms with E-state index in [0.29, 0.717) is 17.5 Å². The minimum Gasteiger partial charge on any atom is -0.348 e. The fraction of sp³-hybridized carbons (Fsp3) is 0.667. The van der Waals surface area contributed by atoms with Gasteiger partial charge in [0, 0.05) is 20.6 Å². The van der Waals surface area contributed by atoms with Crippen LogP contribution in [0.25, 0.3) is 0 Å². The molecule has 16 heavy (non-hydrogen) atoms. The SMILES string of the molecule is CCCn1c(SCC(=O)N(C)C)n[nH]c1=O. The van der Waals surface area contributed by atoms with Gasteiger partial charge < -0.3 is 4.90 Å². The Balaban J connectivity index is 2.67. The lowest BCUT2D eigenvalue weighted by Crippen LogP contribution is -2.24. The van der Waals surface area contributed by atoms with E-state index in [1.54, 1.807) is 18.7 Å². The Labute approximate surface area is 98.0 Å². The molecule has 0 atom stereocenters. The molecule has 0 radical (unpaired) electrons. The monoisotopic (exact) mass is 244 g/mol. The molecule has 90 valence electrons. The molecule has 1 heterocycles. The third-order valence-corrected chi connectivity index (χ3v) is 2.96. The molecular weight excluding hydrogens is 228 g/mol. The molecule has 0 aliphatic heterocycles. The van der Waals surface area contributed by atoms with Crippen LogP contribution in [0.5, 0.6) is 0 Å². The van der Waals surface area contributed by atoms with E-state index in [-0.39, 0.29) is 11.6 Å². The van der Waals surface area contributed by atoms with Crippen LogP contribution in [-0.4, -0.2) is 45.4 Å². The number of carbonyl (C=O) groups is 1. The van der Waals surface area contributed by atoms with Gasteiger partial charge in [-0.2, -0.15) is 0 Å². The van der Waals surface area contributed by atoms with Crippen molar-refractivity contribution in [1.29, 1.82) is 0 Å². The van der Waals surface area contributed by atoms with Gasteiger partial charge in [-0.15, -0.1) is 5.10 Å². The zero-order valence-electron chi connectivity index (χ0n) is 9.69. The van der Waals surface area contributed by atoms with Crippen molar-refractivity contribution in [2.45, 2.75) is 25.0 Å². The number of amides is 1. The van der Waals surface area contributed by atoms with Crippen molar-refractivity contribution >= 4 is 17.7 Å². The second-order valence-electron chi connectivity index (χ2n) is 3.54. The molecule has 0 saturated carbocycles. The highest BCUT2D eigenvalue weighted by Gasteiger charge is 2.11. The summed E-state index contributed by atoms with van der Waals surface area (Å²) in [5, 5.41) is 6.84. The molecule has 1 N–H and O–H groups in total.